The predicted octanol–water partition coefficient (Wildman–Crippen LogP) is 3.67. The Morgan fingerprint density at radius 2 is 1.76 bits per heavy atom. The van der Waals surface area contributed by atoms with E-state index < -0.39 is 16.9 Å². The summed E-state index contributed by atoms with van der Waals surface area (Å²) in [6.45, 7) is 1.49. The molecule has 8 nitrogen and oxygen atoms in total. The van der Waals surface area contributed by atoms with Gasteiger partial charge in [0.1, 0.15) is 5.75 Å². The van der Waals surface area contributed by atoms with Crippen LogP contribution in [-0.4, -0.2) is 30.3 Å². The molecule has 8 heteroatoms. The maximum atomic E-state index is 12.2. The number of nitrogens with zero attached hydrogens (tertiary/aromatic N) is 2. The van der Waals surface area contributed by atoms with Crippen molar-refractivity contribution in [2.24, 2.45) is 5.10 Å². The maximum absolute atomic E-state index is 12.2. The minimum atomic E-state index is -0.971. The van der Waals surface area contributed by atoms with Crippen LogP contribution in [0.4, 0.5) is 5.69 Å². The summed E-state index contributed by atoms with van der Waals surface area (Å²) in [6, 6.07) is 17.2. The fourth-order valence-corrected chi connectivity index (χ4v) is 2.79. The lowest BCUT2D eigenvalue weighted by atomic mass is 10.0. The van der Waals surface area contributed by atoms with E-state index in [0.29, 0.717) is 0 Å². The van der Waals surface area contributed by atoms with Crippen LogP contribution in [0.1, 0.15) is 12.5 Å². The number of hydrazone groups is 1. The first kappa shape index (κ1) is 19.8. The maximum Gasteiger partial charge on any atom is 0.310 e. The van der Waals surface area contributed by atoms with Crippen molar-refractivity contribution in [3.05, 3.63) is 76.3 Å². The number of nitro groups is 1. The number of nitro benzene ring substituents is 1. The zero-order valence-electron chi connectivity index (χ0n) is 15.9. The molecular weight excluding hydrogens is 374 g/mol. The molecule has 0 bridgehead atoms. The highest BCUT2D eigenvalue weighted by molar-refractivity contribution is 6.02. The minimum absolute atomic E-state index is 0.0188. The number of ether oxygens (including phenoxy) is 2. The van der Waals surface area contributed by atoms with Gasteiger partial charge in [0.2, 0.25) is 0 Å². The number of benzene rings is 3. The summed E-state index contributed by atoms with van der Waals surface area (Å²) in [6.07, 6.45) is 0.554. The first-order chi connectivity index (χ1) is 14.0. The van der Waals surface area contributed by atoms with E-state index in [9.17, 15) is 14.9 Å². The number of nitrogens with one attached hydrogen (secondary N) is 1. The molecule has 1 atom stereocenters. The fourth-order valence-electron chi connectivity index (χ4n) is 2.79. The quantitative estimate of drug-likeness (QED) is 0.375. The predicted molar refractivity (Wildman–Crippen MR) is 109 cm³/mol. The fraction of sp³-hybridized carbons (Fsp3) is 0.143. The number of para-hydroxylation sites is 2. The van der Waals surface area contributed by atoms with E-state index in [1.165, 1.54) is 31.3 Å². The molecule has 0 heterocycles. The van der Waals surface area contributed by atoms with Crippen LogP contribution in [0.3, 0.4) is 0 Å². The molecule has 3 aromatic carbocycles. The third-order valence-electron chi connectivity index (χ3n) is 4.25. The van der Waals surface area contributed by atoms with Crippen molar-refractivity contribution in [3.63, 3.8) is 0 Å². The smallest absolute Gasteiger partial charge is 0.310 e. The Bertz CT molecular complexity index is 1080. The van der Waals surface area contributed by atoms with Crippen molar-refractivity contribution in [1.29, 1.82) is 0 Å². The number of methoxy groups -OCH3 is 1. The van der Waals surface area contributed by atoms with Crippen LogP contribution in [0.15, 0.2) is 65.8 Å². The van der Waals surface area contributed by atoms with E-state index in [1.54, 1.807) is 13.2 Å². The van der Waals surface area contributed by atoms with E-state index in [2.05, 4.69) is 10.5 Å². The summed E-state index contributed by atoms with van der Waals surface area (Å²) in [5.41, 5.74) is 2.99. The number of hydrogen-bond donors (Lipinski definition) is 1. The van der Waals surface area contributed by atoms with Gasteiger partial charge in [-0.2, -0.15) is 5.10 Å². The van der Waals surface area contributed by atoms with Crippen molar-refractivity contribution in [1.82, 2.24) is 5.43 Å². The first-order valence-electron chi connectivity index (χ1n) is 8.80. The topological polar surface area (TPSA) is 103 Å². The van der Waals surface area contributed by atoms with Crippen molar-refractivity contribution in [2.45, 2.75) is 13.0 Å². The highest BCUT2D eigenvalue weighted by atomic mass is 16.6. The van der Waals surface area contributed by atoms with Crippen molar-refractivity contribution in [3.8, 4) is 11.5 Å². The molecule has 0 saturated heterocycles. The van der Waals surface area contributed by atoms with Gasteiger partial charge in [-0.25, -0.2) is 5.43 Å². The summed E-state index contributed by atoms with van der Waals surface area (Å²) >= 11 is 0. The third-order valence-corrected chi connectivity index (χ3v) is 4.25. The Morgan fingerprint density at radius 3 is 2.48 bits per heavy atom. The van der Waals surface area contributed by atoms with Gasteiger partial charge in [-0.3, -0.25) is 14.9 Å². The van der Waals surface area contributed by atoms with Crippen LogP contribution in [0, 0.1) is 10.1 Å². The number of fused-ring (bicyclic) bond motifs is 1. The summed E-state index contributed by atoms with van der Waals surface area (Å²) in [7, 11) is 1.61. The van der Waals surface area contributed by atoms with E-state index in [1.807, 2.05) is 36.4 Å². The number of carbonyl (C=O) groups excluding carboxylic acids is 1. The van der Waals surface area contributed by atoms with Gasteiger partial charge in [0.25, 0.3) is 5.91 Å². The zero-order valence-corrected chi connectivity index (χ0v) is 15.9. The Balaban J connectivity index is 1.70. The lowest BCUT2D eigenvalue weighted by Crippen LogP contribution is -2.33. The normalized spacial score (nSPS) is 11.9. The summed E-state index contributed by atoms with van der Waals surface area (Å²) < 4.78 is 10.8. The second kappa shape index (κ2) is 8.83. The number of rotatable bonds is 7. The van der Waals surface area contributed by atoms with Crippen molar-refractivity contribution >= 4 is 28.6 Å². The monoisotopic (exact) mass is 393 g/mol. The minimum Gasteiger partial charge on any atom is -0.496 e. The Kier molecular flexibility index (Phi) is 6.03. The highest BCUT2D eigenvalue weighted by Crippen LogP contribution is 2.28. The van der Waals surface area contributed by atoms with E-state index in [0.717, 1.165) is 22.1 Å². The standard InChI is InChI=1S/C21H19N3O5/c1-14(29-20-10-6-5-9-18(20)24(26)27)21(25)23-22-13-15-11-12-19(28-2)17-8-4-3-7-16(15)17/h3-14H,1-2H3,(H,23,25)/t14-/m0/s1. The van der Waals surface area contributed by atoms with E-state index in [-0.39, 0.29) is 11.4 Å². The van der Waals surface area contributed by atoms with Crippen LogP contribution in [0.2, 0.25) is 0 Å². The lowest BCUT2D eigenvalue weighted by Gasteiger charge is -2.13. The molecule has 0 aliphatic carbocycles. The molecule has 1 N–H and O–H groups in total. The molecule has 1 amide bonds. The molecule has 148 valence electrons. The van der Waals surface area contributed by atoms with E-state index >= 15 is 0 Å². The molecule has 0 radical (unpaired) electrons. The SMILES string of the molecule is COc1ccc(C=NNC(=O)[C@H](C)Oc2ccccc2[N+](=O)[O-])c2ccccc12. The second-order valence-electron chi connectivity index (χ2n) is 6.12. The zero-order chi connectivity index (χ0) is 20.8. The van der Waals surface area contributed by atoms with Gasteiger partial charge in [-0.1, -0.05) is 36.4 Å². The van der Waals surface area contributed by atoms with Gasteiger partial charge in [0.05, 0.1) is 18.2 Å². The summed E-state index contributed by atoms with van der Waals surface area (Å²) in [5, 5.41) is 16.9. The molecule has 0 aliphatic rings. The Labute approximate surface area is 166 Å². The van der Waals surface area contributed by atoms with Gasteiger partial charge in [-0.05, 0) is 30.5 Å². The molecule has 0 fully saturated rings. The summed E-state index contributed by atoms with van der Waals surface area (Å²) in [4.78, 5) is 22.7. The van der Waals surface area contributed by atoms with Crippen LogP contribution < -0.4 is 14.9 Å². The first-order valence-corrected chi connectivity index (χ1v) is 8.80. The molecule has 0 saturated carbocycles. The number of carbonyl (C=O) groups is 1. The molecule has 0 aromatic heterocycles. The molecule has 29 heavy (non-hydrogen) atoms. The summed E-state index contributed by atoms with van der Waals surface area (Å²) in [5.74, 6) is 0.232. The van der Waals surface area contributed by atoms with Crippen LogP contribution >= 0.6 is 0 Å². The van der Waals surface area contributed by atoms with Crippen molar-refractivity contribution in [2.75, 3.05) is 7.11 Å². The van der Waals surface area contributed by atoms with Gasteiger partial charge >= 0.3 is 5.69 Å². The molecule has 0 unspecified atom stereocenters. The Hall–Kier alpha value is -3.94. The molecule has 3 aromatic rings. The van der Waals surface area contributed by atoms with Crippen LogP contribution in [-0.2, 0) is 4.79 Å². The molecular formula is C21H19N3O5. The number of amides is 1. The second-order valence-corrected chi connectivity index (χ2v) is 6.12. The van der Waals surface area contributed by atoms with Crippen molar-refractivity contribution < 1.29 is 19.2 Å². The number of hydrogen-bond acceptors (Lipinski definition) is 6. The largest absolute Gasteiger partial charge is 0.496 e. The Morgan fingerprint density at radius 1 is 1.07 bits per heavy atom. The third kappa shape index (κ3) is 4.49. The average molecular weight is 393 g/mol. The average Bonchev–Trinajstić information content (AvgIpc) is 2.73. The lowest BCUT2D eigenvalue weighted by molar-refractivity contribution is -0.386. The van der Waals surface area contributed by atoms with Gasteiger partial charge < -0.3 is 9.47 Å². The molecule has 0 aliphatic heterocycles. The van der Waals surface area contributed by atoms with Gasteiger partial charge in [0, 0.05) is 17.0 Å². The van der Waals surface area contributed by atoms with E-state index in [4.69, 9.17) is 9.47 Å². The molecule has 3 rings (SSSR count). The molecule has 0 spiro atoms. The highest BCUT2D eigenvalue weighted by Gasteiger charge is 2.20. The van der Waals surface area contributed by atoms with Crippen LogP contribution in [0.25, 0.3) is 10.8 Å². The van der Waals surface area contributed by atoms with Crippen LogP contribution in [0.5, 0.6) is 11.5 Å². The van der Waals surface area contributed by atoms with Gasteiger partial charge in [0.15, 0.2) is 11.9 Å². The van der Waals surface area contributed by atoms with Gasteiger partial charge in [-0.15, -0.1) is 0 Å².